The number of halogens is 5. The lowest BCUT2D eigenvalue weighted by Crippen LogP contribution is -1.99. The molecular weight excluding hydrogens is 409 g/mol. The fourth-order valence-corrected chi connectivity index (χ4v) is 5.01. The third-order valence-corrected chi connectivity index (χ3v) is 5.36. The highest BCUT2D eigenvalue weighted by molar-refractivity contribution is 9.12. The number of hydrogen-bond donors (Lipinski definition) is 0. The van der Waals surface area contributed by atoms with Crippen molar-refractivity contribution in [2.75, 3.05) is 0 Å². The van der Waals surface area contributed by atoms with Crippen LogP contribution in [0.15, 0.2) is 25.8 Å². The van der Waals surface area contributed by atoms with Crippen molar-refractivity contribution >= 4 is 54.8 Å². The summed E-state index contributed by atoms with van der Waals surface area (Å²) in [6.45, 7) is 1.58. The van der Waals surface area contributed by atoms with Gasteiger partial charge in [-0.2, -0.15) is 0 Å². The first-order valence-corrected chi connectivity index (χ1v) is 7.78. The van der Waals surface area contributed by atoms with Crippen molar-refractivity contribution in [2.24, 2.45) is 0 Å². The number of alkyl halides is 1. The van der Waals surface area contributed by atoms with Crippen LogP contribution in [0.4, 0.5) is 8.78 Å². The normalized spacial score (nSPS) is 12.8. The van der Waals surface area contributed by atoms with Crippen LogP contribution in [0.3, 0.4) is 0 Å². The summed E-state index contributed by atoms with van der Waals surface area (Å²) >= 11 is 14.5. The topological polar surface area (TPSA) is 0 Å². The summed E-state index contributed by atoms with van der Waals surface area (Å²) in [5.74, 6) is -1.20. The van der Waals surface area contributed by atoms with Crippen molar-refractivity contribution in [3.63, 3.8) is 0 Å². The minimum Gasteiger partial charge on any atom is -0.207 e. The van der Waals surface area contributed by atoms with Crippen molar-refractivity contribution in [1.29, 1.82) is 0 Å². The summed E-state index contributed by atoms with van der Waals surface area (Å²) in [6.07, 6.45) is 0. The molecule has 0 saturated heterocycles. The van der Waals surface area contributed by atoms with E-state index in [0.29, 0.717) is 5.56 Å². The summed E-state index contributed by atoms with van der Waals surface area (Å²) in [6, 6.07) is 4.14. The van der Waals surface area contributed by atoms with E-state index in [0.717, 1.165) is 19.2 Å². The standard InChI is InChI=1S/C12H7Br2ClF2S/c1-5-2-6(9(17)4-8(5)16)11(15)7-3-10(13)18-12(7)14/h2-4,11H,1H3. The molecule has 0 saturated carbocycles. The number of thiophene rings is 1. The zero-order chi connectivity index (χ0) is 13.4. The molecule has 0 spiro atoms. The van der Waals surface area contributed by atoms with Crippen LogP contribution in [-0.2, 0) is 0 Å². The zero-order valence-electron chi connectivity index (χ0n) is 9.11. The molecule has 1 unspecified atom stereocenters. The van der Waals surface area contributed by atoms with Crippen LogP contribution in [0, 0.1) is 18.6 Å². The molecule has 18 heavy (non-hydrogen) atoms. The molecule has 0 aliphatic rings. The average Bonchev–Trinajstić information content (AvgIpc) is 2.62. The first-order valence-electron chi connectivity index (χ1n) is 4.94. The largest absolute Gasteiger partial charge is 0.207 e. The second kappa shape index (κ2) is 5.57. The molecule has 0 N–H and O–H groups in total. The maximum absolute atomic E-state index is 13.8. The van der Waals surface area contributed by atoms with Gasteiger partial charge < -0.3 is 0 Å². The predicted molar refractivity (Wildman–Crippen MR) is 78.5 cm³/mol. The molecule has 1 atom stereocenters. The van der Waals surface area contributed by atoms with Crippen LogP contribution in [0.2, 0.25) is 0 Å². The highest BCUT2D eigenvalue weighted by Crippen LogP contribution is 2.41. The van der Waals surface area contributed by atoms with Crippen molar-refractivity contribution in [2.45, 2.75) is 12.3 Å². The van der Waals surface area contributed by atoms with Gasteiger partial charge in [0.1, 0.15) is 11.6 Å². The highest BCUT2D eigenvalue weighted by Gasteiger charge is 2.21. The Hall–Kier alpha value is 0.0300. The summed E-state index contributed by atoms with van der Waals surface area (Å²) in [7, 11) is 0. The van der Waals surface area contributed by atoms with Crippen LogP contribution in [0.5, 0.6) is 0 Å². The third kappa shape index (κ3) is 2.79. The zero-order valence-corrected chi connectivity index (χ0v) is 13.9. The predicted octanol–water partition coefficient (Wildman–Crippen LogP) is 6.19. The first kappa shape index (κ1) is 14.4. The van der Waals surface area contributed by atoms with Crippen molar-refractivity contribution in [3.8, 4) is 0 Å². The second-order valence-electron chi connectivity index (χ2n) is 3.77. The molecule has 0 radical (unpaired) electrons. The number of benzene rings is 1. The monoisotopic (exact) mass is 414 g/mol. The second-order valence-corrected chi connectivity index (χ2v) is 7.95. The van der Waals surface area contributed by atoms with Crippen molar-refractivity contribution in [1.82, 2.24) is 0 Å². The Morgan fingerprint density at radius 1 is 1.11 bits per heavy atom. The Balaban J connectivity index is 2.49. The van der Waals surface area contributed by atoms with Gasteiger partial charge in [-0.15, -0.1) is 22.9 Å². The summed E-state index contributed by atoms with van der Waals surface area (Å²) in [5, 5.41) is -0.652. The minimum absolute atomic E-state index is 0.279. The molecule has 2 aromatic rings. The molecule has 0 aliphatic carbocycles. The van der Waals surface area contributed by atoms with Gasteiger partial charge in [-0.25, -0.2) is 8.78 Å². The average molecular weight is 417 g/mol. The third-order valence-electron chi connectivity index (χ3n) is 2.51. The highest BCUT2D eigenvalue weighted by atomic mass is 79.9. The fourth-order valence-electron chi connectivity index (χ4n) is 1.57. The molecule has 0 nitrogen and oxygen atoms in total. The Bertz CT molecular complexity index is 598. The van der Waals surface area contributed by atoms with Gasteiger partial charge in [-0.1, -0.05) is 0 Å². The van der Waals surface area contributed by atoms with Crippen molar-refractivity contribution < 1.29 is 8.78 Å². The molecule has 1 heterocycles. The fraction of sp³-hybridized carbons (Fsp3) is 0.167. The Morgan fingerprint density at radius 3 is 2.33 bits per heavy atom. The van der Waals surface area contributed by atoms with E-state index in [1.807, 2.05) is 6.07 Å². The van der Waals surface area contributed by atoms with Crippen LogP contribution in [0.1, 0.15) is 22.1 Å². The minimum atomic E-state index is -0.652. The van der Waals surface area contributed by atoms with E-state index in [2.05, 4.69) is 31.9 Å². The van der Waals surface area contributed by atoms with E-state index < -0.39 is 17.0 Å². The van der Waals surface area contributed by atoms with Crippen LogP contribution < -0.4 is 0 Å². The van der Waals surface area contributed by atoms with E-state index in [-0.39, 0.29) is 5.56 Å². The van der Waals surface area contributed by atoms with Gasteiger partial charge in [-0.3, -0.25) is 0 Å². The molecule has 0 fully saturated rings. The van der Waals surface area contributed by atoms with E-state index in [4.69, 9.17) is 11.6 Å². The van der Waals surface area contributed by atoms with Crippen LogP contribution in [0.25, 0.3) is 0 Å². The van der Waals surface area contributed by atoms with Gasteiger partial charge >= 0.3 is 0 Å². The van der Waals surface area contributed by atoms with Gasteiger partial charge in [0.05, 0.1) is 12.9 Å². The molecule has 0 bridgehead atoms. The Morgan fingerprint density at radius 2 is 1.78 bits per heavy atom. The van der Waals surface area contributed by atoms with Crippen LogP contribution in [-0.4, -0.2) is 0 Å². The lowest BCUT2D eigenvalue weighted by Gasteiger charge is -2.11. The molecule has 0 amide bonds. The lowest BCUT2D eigenvalue weighted by molar-refractivity contribution is 0.568. The molecule has 2 rings (SSSR count). The van der Waals surface area contributed by atoms with Gasteiger partial charge in [-0.05, 0) is 56.5 Å². The van der Waals surface area contributed by atoms with Gasteiger partial charge in [0.2, 0.25) is 0 Å². The first-order chi connectivity index (χ1) is 8.40. The SMILES string of the molecule is Cc1cc(C(Cl)c2cc(Br)sc2Br)c(F)cc1F. The molecule has 0 aliphatic heterocycles. The maximum Gasteiger partial charge on any atom is 0.131 e. The van der Waals surface area contributed by atoms with Gasteiger partial charge in [0.25, 0.3) is 0 Å². The molecule has 6 heteroatoms. The Labute approximate surface area is 129 Å². The van der Waals surface area contributed by atoms with E-state index in [1.54, 1.807) is 6.92 Å². The molecule has 1 aromatic heterocycles. The quantitative estimate of drug-likeness (QED) is 0.512. The smallest absolute Gasteiger partial charge is 0.131 e. The van der Waals surface area contributed by atoms with Crippen LogP contribution >= 0.6 is 54.8 Å². The molecule has 1 aromatic carbocycles. The summed E-state index contributed by atoms with van der Waals surface area (Å²) in [4.78, 5) is 0. The van der Waals surface area contributed by atoms with E-state index in [9.17, 15) is 8.78 Å². The summed E-state index contributed by atoms with van der Waals surface area (Å²) in [5.41, 5.74) is 1.42. The van der Waals surface area contributed by atoms with Crippen molar-refractivity contribution in [3.05, 3.63) is 54.1 Å². The number of hydrogen-bond acceptors (Lipinski definition) is 1. The van der Waals surface area contributed by atoms with Gasteiger partial charge in [0.15, 0.2) is 0 Å². The van der Waals surface area contributed by atoms with E-state index in [1.165, 1.54) is 17.4 Å². The lowest BCUT2D eigenvalue weighted by atomic mass is 10.0. The summed E-state index contributed by atoms with van der Waals surface area (Å²) < 4.78 is 28.7. The molecular formula is C12H7Br2ClF2S. The number of aryl methyl sites for hydroxylation is 1. The number of rotatable bonds is 2. The Kier molecular flexibility index (Phi) is 4.47. The van der Waals surface area contributed by atoms with E-state index >= 15 is 0 Å². The van der Waals surface area contributed by atoms with Gasteiger partial charge in [0, 0.05) is 17.2 Å². The molecule has 96 valence electrons. The maximum atomic E-state index is 13.8.